The topological polar surface area (TPSA) is 75.6 Å². The van der Waals surface area contributed by atoms with Crippen LogP contribution < -0.4 is 4.72 Å². The smallest absolute Gasteiger partial charge is 0.241 e. The second-order valence-electron chi connectivity index (χ2n) is 5.41. The Morgan fingerprint density at radius 1 is 1.48 bits per heavy atom. The first-order valence-corrected chi connectivity index (χ1v) is 9.15. The number of aliphatic hydroxyl groups is 1. The maximum absolute atomic E-state index is 12.6. The predicted molar refractivity (Wildman–Crippen MR) is 83.6 cm³/mol. The molecule has 21 heavy (non-hydrogen) atoms. The van der Waals surface area contributed by atoms with Crippen LogP contribution in [0.4, 0.5) is 0 Å². The van der Waals surface area contributed by atoms with E-state index in [0.717, 1.165) is 5.56 Å². The number of sulfonamides is 1. The highest BCUT2D eigenvalue weighted by Gasteiger charge is 2.27. The Morgan fingerprint density at radius 2 is 2.19 bits per heavy atom. The summed E-state index contributed by atoms with van der Waals surface area (Å²) >= 11 is 3.33. The van der Waals surface area contributed by atoms with Gasteiger partial charge in [0.25, 0.3) is 0 Å². The average molecular weight is 378 g/mol. The van der Waals surface area contributed by atoms with E-state index in [1.165, 1.54) is 6.07 Å². The molecule has 2 N–H and O–H groups in total. The summed E-state index contributed by atoms with van der Waals surface area (Å²) in [6.45, 7) is 4.11. The summed E-state index contributed by atoms with van der Waals surface area (Å²) in [6.07, 6.45) is 1.38. The van der Waals surface area contributed by atoms with Gasteiger partial charge < -0.3 is 9.84 Å². The van der Waals surface area contributed by atoms with Crippen LogP contribution in [0, 0.1) is 6.92 Å². The number of ether oxygens (including phenoxy) is 1. The Morgan fingerprint density at radius 3 is 2.81 bits per heavy atom. The van der Waals surface area contributed by atoms with E-state index in [2.05, 4.69) is 20.7 Å². The Labute approximate surface area is 133 Å². The third-order valence-corrected chi connectivity index (χ3v) is 6.42. The maximum Gasteiger partial charge on any atom is 0.241 e. The molecule has 0 amide bonds. The van der Waals surface area contributed by atoms with Crippen molar-refractivity contribution in [2.75, 3.05) is 6.61 Å². The number of rotatable bonds is 4. The average Bonchev–Trinajstić information content (AvgIpc) is 2.41. The minimum atomic E-state index is -3.63. The molecule has 0 radical (unpaired) electrons. The molecular weight excluding hydrogens is 358 g/mol. The van der Waals surface area contributed by atoms with Crippen molar-refractivity contribution in [2.24, 2.45) is 0 Å². The Balaban J connectivity index is 2.29. The van der Waals surface area contributed by atoms with Gasteiger partial charge in [0.2, 0.25) is 10.0 Å². The molecule has 0 saturated carbocycles. The Kier molecular flexibility index (Phi) is 5.43. The van der Waals surface area contributed by atoms with Gasteiger partial charge in [0.1, 0.15) is 0 Å². The van der Waals surface area contributed by atoms with Crippen molar-refractivity contribution < 1.29 is 18.3 Å². The molecule has 1 heterocycles. The molecule has 1 aliphatic rings. The monoisotopic (exact) mass is 377 g/mol. The van der Waals surface area contributed by atoms with Gasteiger partial charge in [0.05, 0.1) is 17.6 Å². The van der Waals surface area contributed by atoms with Gasteiger partial charge in [-0.1, -0.05) is 6.07 Å². The van der Waals surface area contributed by atoms with E-state index in [0.29, 0.717) is 29.5 Å². The van der Waals surface area contributed by atoms with Crippen LogP contribution in [0.1, 0.15) is 30.9 Å². The number of aryl methyl sites for hydroxylation is 1. The van der Waals surface area contributed by atoms with Crippen LogP contribution in [0.25, 0.3) is 0 Å². The fourth-order valence-electron chi connectivity index (χ4n) is 2.48. The van der Waals surface area contributed by atoms with E-state index >= 15 is 0 Å². The molecule has 0 spiro atoms. The van der Waals surface area contributed by atoms with E-state index in [1.54, 1.807) is 13.0 Å². The van der Waals surface area contributed by atoms with Crippen LogP contribution in [0.5, 0.6) is 0 Å². The van der Waals surface area contributed by atoms with E-state index in [9.17, 15) is 13.5 Å². The van der Waals surface area contributed by atoms with Crippen LogP contribution in [0.2, 0.25) is 0 Å². The van der Waals surface area contributed by atoms with Crippen LogP contribution in [-0.4, -0.2) is 32.3 Å². The van der Waals surface area contributed by atoms with Gasteiger partial charge in [-0.15, -0.1) is 0 Å². The lowest BCUT2D eigenvalue weighted by atomic mass is 10.1. The van der Waals surface area contributed by atoms with Crippen molar-refractivity contribution in [3.63, 3.8) is 0 Å². The number of halogens is 1. The quantitative estimate of drug-likeness (QED) is 0.842. The zero-order valence-corrected chi connectivity index (χ0v) is 14.5. The van der Waals surface area contributed by atoms with Crippen LogP contribution in [-0.2, 0) is 21.4 Å². The van der Waals surface area contributed by atoms with E-state index in [1.807, 2.05) is 6.92 Å². The summed E-state index contributed by atoms with van der Waals surface area (Å²) in [5.74, 6) is 0. The van der Waals surface area contributed by atoms with Crippen molar-refractivity contribution in [3.8, 4) is 0 Å². The number of benzene rings is 1. The van der Waals surface area contributed by atoms with E-state index < -0.39 is 10.0 Å². The zero-order chi connectivity index (χ0) is 15.6. The zero-order valence-electron chi connectivity index (χ0n) is 12.1. The maximum atomic E-state index is 12.6. The van der Waals surface area contributed by atoms with Crippen molar-refractivity contribution in [1.29, 1.82) is 0 Å². The SMILES string of the molecule is Cc1cc(CO)cc(S(=O)(=O)NC2CCOC(C)C2)c1Br. The molecule has 2 atom stereocenters. The summed E-state index contributed by atoms with van der Waals surface area (Å²) in [6, 6.07) is 3.14. The normalized spacial score (nSPS) is 23.2. The molecule has 1 aromatic rings. The second-order valence-corrected chi connectivity index (χ2v) is 7.88. The number of nitrogens with one attached hydrogen (secondary N) is 1. The first-order chi connectivity index (χ1) is 9.83. The van der Waals surface area contributed by atoms with Gasteiger partial charge in [0.15, 0.2) is 0 Å². The lowest BCUT2D eigenvalue weighted by Gasteiger charge is -2.28. The molecule has 2 rings (SSSR count). The minimum absolute atomic E-state index is 0.0559. The molecule has 1 aliphatic heterocycles. The first-order valence-electron chi connectivity index (χ1n) is 6.87. The van der Waals surface area contributed by atoms with Crippen LogP contribution >= 0.6 is 15.9 Å². The predicted octanol–water partition coefficient (Wildman–Crippen LogP) is 2.10. The molecule has 7 heteroatoms. The summed E-state index contributed by atoms with van der Waals surface area (Å²) in [7, 11) is -3.63. The molecule has 0 aromatic heterocycles. The molecular formula is C14H20BrNO4S. The van der Waals surface area contributed by atoms with Crippen LogP contribution in [0.3, 0.4) is 0 Å². The minimum Gasteiger partial charge on any atom is -0.392 e. The Hall–Kier alpha value is -0.470. The molecule has 5 nitrogen and oxygen atoms in total. The first kappa shape index (κ1) is 16.9. The summed E-state index contributed by atoms with van der Waals surface area (Å²) < 4.78 is 33.9. The van der Waals surface area contributed by atoms with Gasteiger partial charge >= 0.3 is 0 Å². The van der Waals surface area contributed by atoms with Crippen molar-refractivity contribution >= 4 is 26.0 Å². The number of hydrogen-bond donors (Lipinski definition) is 2. The lowest BCUT2D eigenvalue weighted by Crippen LogP contribution is -2.41. The van der Waals surface area contributed by atoms with Gasteiger partial charge in [-0.25, -0.2) is 13.1 Å². The van der Waals surface area contributed by atoms with Crippen molar-refractivity contribution in [1.82, 2.24) is 4.72 Å². The third-order valence-electron chi connectivity index (χ3n) is 3.56. The summed E-state index contributed by atoms with van der Waals surface area (Å²) in [5.41, 5.74) is 1.36. The molecule has 1 fully saturated rings. The van der Waals surface area contributed by atoms with Gasteiger partial charge in [-0.2, -0.15) is 0 Å². The third kappa shape index (κ3) is 4.04. The van der Waals surface area contributed by atoms with Gasteiger partial charge in [-0.3, -0.25) is 0 Å². The Bertz CT molecular complexity index is 618. The molecule has 0 bridgehead atoms. The number of aliphatic hydroxyl groups excluding tert-OH is 1. The highest BCUT2D eigenvalue weighted by atomic mass is 79.9. The van der Waals surface area contributed by atoms with Crippen molar-refractivity contribution in [3.05, 3.63) is 27.7 Å². The van der Waals surface area contributed by atoms with Crippen LogP contribution in [0.15, 0.2) is 21.5 Å². The highest BCUT2D eigenvalue weighted by molar-refractivity contribution is 9.10. The van der Waals surface area contributed by atoms with E-state index in [-0.39, 0.29) is 23.6 Å². The largest absolute Gasteiger partial charge is 0.392 e. The summed E-state index contributed by atoms with van der Waals surface area (Å²) in [5, 5.41) is 9.25. The lowest BCUT2D eigenvalue weighted by molar-refractivity contribution is 0.0173. The summed E-state index contributed by atoms with van der Waals surface area (Å²) in [4.78, 5) is 0.172. The molecule has 0 aliphatic carbocycles. The standard InChI is InChI=1S/C14H20BrNO4S/c1-9-5-11(8-17)7-13(14(9)15)21(18,19)16-12-3-4-20-10(2)6-12/h5,7,10,12,16-17H,3-4,6,8H2,1-2H3. The second kappa shape index (κ2) is 6.75. The number of hydrogen-bond acceptors (Lipinski definition) is 4. The molecule has 118 valence electrons. The van der Waals surface area contributed by atoms with Gasteiger partial charge in [-0.05, 0) is 59.8 Å². The van der Waals surface area contributed by atoms with Crippen molar-refractivity contribution in [2.45, 2.75) is 50.3 Å². The fraction of sp³-hybridized carbons (Fsp3) is 0.571. The molecule has 1 saturated heterocycles. The highest BCUT2D eigenvalue weighted by Crippen LogP contribution is 2.28. The molecule has 2 unspecified atom stereocenters. The fourth-order valence-corrected chi connectivity index (χ4v) is 4.84. The van der Waals surface area contributed by atoms with E-state index in [4.69, 9.17) is 4.74 Å². The van der Waals surface area contributed by atoms with Gasteiger partial charge in [0, 0.05) is 17.1 Å². The molecule has 1 aromatic carbocycles.